The Morgan fingerprint density at radius 2 is 1.73 bits per heavy atom. The lowest BCUT2D eigenvalue weighted by Crippen LogP contribution is -2.10. The van der Waals surface area contributed by atoms with E-state index in [9.17, 15) is 17.6 Å². The quantitative estimate of drug-likeness (QED) is 0.292. The summed E-state index contributed by atoms with van der Waals surface area (Å²) in [7, 11) is -4.07. The topological polar surface area (TPSA) is 91.3 Å². The van der Waals surface area contributed by atoms with Crippen LogP contribution in [0.25, 0.3) is 6.08 Å². The second kappa shape index (κ2) is 9.25. The van der Waals surface area contributed by atoms with Gasteiger partial charge in [0.2, 0.25) is 5.90 Å². The number of esters is 1. The van der Waals surface area contributed by atoms with Gasteiger partial charge in [-0.1, -0.05) is 36.4 Å². The average Bonchev–Trinajstić information content (AvgIpc) is 3.16. The van der Waals surface area contributed by atoms with E-state index in [0.29, 0.717) is 5.56 Å². The van der Waals surface area contributed by atoms with Crippen molar-refractivity contribution in [2.45, 2.75) is 11.8 Å². The summed E-state index contributed by atoms with van der Waals surface area (Å²) in [4.78, 5) is 16.3. The van der Waals surface area contributed by atoms with Crippen LogP contribution in [0.1, 0.15) is 18.1 Å². The molecule has 0 spiro atoms. The summed E-state index contributed by atoms with van der Waals surface area (Å²) in [5.74, 6) is -1.28. The van der Waals surface area contributed by atoms with Gasteiger partial charge in [-0.05, 0) is 55.0 Å². The molecule has 0 aromatic heterocycles. The molecule has 0 amide bonds. The van der Waals surface area contributed by atoms with E-state index >= 15 is 0 Å². The molecule has 3 aromatic carbocycles. The number of carbonyl (C=O) groups is 1. The third-order valence-corrected chi connectivity index (χ3v) is 5.78. The number of hydrogen-bond donors (Lipinski definition) is 0. The molecular formula is C24H18FNO6S. The number of cyclic esters (lactones) is 1. The summed E-state index contributed by atoms with van der Waals surface area (Å²) in [6.07, 6.45) is 1.42. The predicted molar refractivity (Wildman–Crippen MR) is 119 cm³/mol. The lowest BCUT2D eigenvalue weighted by Gasteiger charge is -2.12. The van der Waals surface area contributed by atoms with Crippen LogP contribution >= 0.6 is 0 Å². The SMILES string of the molecule is CCOc1cc(/C=C2/N=C(c3ccccc3F)OC2=O)ccc1OS(=O)(=O)c1ccccc1. The first-order valence-electron chi connectivity index (χ1n) is 9.91. The average molecular weight is 467 g/mol. The molecule has 0 aliphatic carbocycles. The summed E-state index contributed by atoms with van der Waals surface area (Å²) in [6.45, 7) is 1.99. The van der Waals surface area contributed by atoms with Crippen molar-refractivity contribution < 1.29 is 31.3 Å². The van der Waals surface area contributed by atoms with Gasteiger partial charge in [-0.15, -0.1) is 0 Å². The lowest BCUT2D eigenvalue weighted by molar-refractivity contribution is -0.129. The van der Waals surface area contributed by atoms with Crippen LogP contribution in [0.5, 0.6) is 11.5 Å². The molecule has 7 nitrogen and oxygen atoms in total. The van der Waals surface area contributed by atoms with E-state index in [1.807, 2.05) is 0 Å². The summed E-state index contributed by atoms with van der Waals surface area (Å²) >= 11 is 0. The highest BCUT2D eigenvalue weighted by molar-refractivity contribution is 7.87. The normalized spacial score (nSPS) is 14.7. The van der Waals surface area contributed by atoms with Crippen molar-refractivity contribution in [1.29, 1.82) is 0 Å². The Hall–Kier alpha value is -3.98. The van der Waals surface area contributed by atoms with Gasteiger partial charge in [0.15, 0.2) is 17.2 Å². The molecule has 1 aliphatic heterocycles. The number of nitrogens with zero attached hydrogens (tertiary/aromatic N) is 1. The van der Waals surface area contributed by atoms with E-state index in [-0.39, 0.29) is 40.2 Å². The van der Waals surface area contributed by atoms with E-state index < -0.39 is 21.9 Å². The maximum Gasteiger partial charge on any atom is 0.363 e. The van der Waals surface area contributed by atoms with Crippen LogP contribution in [0.3, 0.4) is 0 Å². The van der Waals surface area contributed by atoms with Gasteiger partial charge in [0, 0.05) is 0 Å². The number of rotatable bonds is 7. The van der Waals surface area contributed by atoms with Crippen molar-refractivity contribution in [3.05, 3.63) is 95.4 Å². The van der Waals surface area contributed by atoms with Gasteiger partial charge in [0.05, 0.1) is 12.2 Å². The Morgan fingerprint density at radius 3 is 2.45 bits per heavy atom. The molecule has 1 aliphatic rings. The molecule has 9 heteroatoms. The molecule has 0 unspecified atom stereocenters. The zero-order valence-electron chi connectivity index (χ0n) is 17.4. The molecule has 1 heterocycles. The Balaban J connectivity index is 1.64. The van der Waals surface area contributed by atoms with Crippen molar-refractivity contribution in [2.24, 2.45) is 4.99 Å². The van der Waals surface area contributed by atoms with Crippen molar-refractivity contribution in [3.8, 4) is 11.5 Å². The summed E-state index contributed by atoms with van der Waals surface area (Å²) in [6, 6.07) is 18.0. The van der Waals surface area contributed by atoms with Gasteiger partial charge >= 0.3 is 16.1 Å². The number of aliphatic imine (C=N–C) groups is 1. The minimum absolute atomic E-state index is 0.00218. The first kappa shape index (κ1) is 22.2. The zero-order valence-corrected chi connectivity index (χ0v) is 18.2. The van der Waals surface area contributed by atoms with E-state index in [4.69, 9.17) is 13.7 Å². The molecule has 0 bridgehead atoms. The number of halogens is 1. The molecule has 33 heavy (non-hydrogen) atoms. The zero-order chi connectivity index (χ0) is 23.4. The largest absolute Gasteiger partial charge is 0.490 e. The number of benzene rings is 3. The van der Waals surface area contributed by atoms with E-state index in [1.54, 1.807) is 31.2 Å². The van der Waals surface area contributed by atoms with Gasteiger partial charge in [-0.25, -0.2) is 14.2 Å². The van der Waals surface area contributed by atoms with Crippen LogP contribution < -0.4 is 8.92 Å². The summed E-state index contributed by atoms with van der Waals surface area (Å²) in [5, 5.41) is 0. The Kier molecular flexibility index (Phi) is 6.23. The minimum Gasteiger partial charge on any atom is -0.490 e. The highest BCUT2D eigenvalue weighted by Crippen LogP contribution is 2.32. The van der Waals surface area contributed by atoms with Crippen LogP contribution in [-0.4, -0.2) is 26.9 Å². The third kappa shape index (κ3) is 4.93. The first-order valence-corrected chi connectivity index (χ1v) is 11.3. The second-order valence-electron chi connectivity index (χ2n) is 6.81. The third-order valence-electron chi connectivity index (χ3n) is 4.53. The smallest absolute Gasteiger partial charge is 0.363 e. The highest BCUT2D eigenvalue weighted by Gasteiger charge is 2.26. The number of ether oxygens (including phenoxy) is 2. The summed E-state index contributed by atoms with van der Waals surface area (Å²) in [5.41, 5.74) is 0.508. The van der Waals surface area contributed by atoms with Crippen LogP contribution in [-0.2, 0) is 19.6 Å². The number of carbonyl (C=O) groups excluding carboxylic acids is 1. The van der Waals surface area contributed by atoms with Gasteiger partial charge in [0.1, 0.15) is 10.7 Å². The van der Waals surface area contributed by atoms with Crippen LogP contribution in [0, 0.1) is 5.82 Å². The van der Waals surface area contributed by atoms with Gasteiger partial charge in [-0.3, -0.25) is 0 Å². The maximum absolute atomic E-state index is 14.0. The van der Waals surface area contributed by atoms with Crippen LogP contribution in [0.2, 0.25) is 0 Å². The molecule has 0 saturated heterocycles. The van der Waals surface area contributed by atoms with Crippen molar-refractivity contribution in [1.82, 2.24) is 0 Å². The Bertz CT molecular complexity index is 1370. The highest BCUT2D eigenvalue weighted by atomic mass is 32.2. The van der Waals surface area contributed by atoms with Gasteiger partial charge in [0.25, 0.3) is 0 Å². The van der Waals surface area contributed by atoms with Crippen LogP contribution in [0.4, 0.5) is 4.39 Å². The van der Waals surface area contributed by atoms with Crippen LogP contribution in [0.15, 0.2) is 88.4 Å². The molecule has 4 rings (SSSR count). The van der Waals surface area contributed by atoms with Crippen molar-refractivity contribution in [3.63, 3.8) is 0 Å². The summed E-state index contributed by atoms with van der Waals surface area (Å²) < 4.78 is 55.0. The van der Waals surface area contributed by atoms with Gasteiger partial charge in [-0.2, -0.15) is 8.42 Å². The van der Waals surface area contributed by atoms with E-state index in [0.717, 1.165) is 0 Å². The minimum atomic E-state index is -4.07. The lowest BCUT2D eigenvalue weighted by atomic mass is 10.1. The first-order chi connectivity index (χ1) is 15.9. The Labute approximate surface area is 189 Å². The Morgan fingerprint density at radius 1 is 1.00 bits per heavy atom. The molecule has 0 N–H and O–H groups in total. The number of hydrogen-bond acceptors (Lipinski definition) is 7. The second-order valence-corrected chi connectivity index (χ2v) is 8.35. The van der Waals surface area contributed by atoms with E-state index in [1.165, 1.54) is 54.6 Å². The fraction of sp³-hybridized carbons (Fsp3) is 0.0833. The molecular weight excluding hydrogens is 449 g/mol. The van der Waals surface area contributed by atoms with Crippen molar-refractivity contribution >= 4 is 28.1 Å². The molecule has 0 atom stereocenters. The fourth-order valence-corrected chi connectivity index (χ4v) is 3.98. The van der Waals surface area contributed by atoms with E-state index in [2.05, 4.69) is 4.99 Å². The standard InChI is InChI=1S/C24H18FNO6S/c1-2-30-22-15-16(12-13-21(22)32-33(28,29)17-8-4-3-5-9-17)14-20-24(27)31-23(26-20)18-10-6-7-11-19(18)25/h3-15H,2H2,1H3/b20-14+. The van der Waals surface area contributed by atoms with Gasteiger partial charge < -0.3 is 13.7 Å². The predicted octanol–water partition coefficient (Wildman–Crippen LogP) is 4.34. The molecule has 0 fully saturated rings. The molecule has 0 radical (unpaired) electrons. The maximum atomic E-state index is 14.0. The fourth-order valence-electron chi connectivity index (χ4n) is 3.02. The molecule has 3 aromatic rings. The molecule has 0 saturated carbocycles. The molecule has 168 valence electrons. The monoisotopic (exact) mass is 467 g/mol. The van der Waals surface area contributed by atoms with Crippen molar-refractivity contribution in [2.75, 3.05) is 6.61 Å².